The Bertz CT molecular complexity index is 306. The van der Waals surface area contributed by atoms with Crippen molar-refractivity contribution in [3.63, 3.8) is 0 Å². The van der Waals surface area contributed by atoms with Crippen molar-refractivity contribution < 1.29 is 9.90 Å². The Morgan fingerprint density at radius 2 is 2.31 bits per heavy atom. The van der Waals surface area contributed by atoms with Crippen molar-refractivity contribution in [2.75, 3.05) is 0 Å². The molecule has 0 amide bonds. The van der Waals surface area contributed by atoms with E-state index in [-0.39, 0.29) is 5.69 Å². The summed E-state index contributed by atoms with van der Waals surface area (Å²) in [6.45, 7) is 2.06. The molecule has 0 aliphatic rings. The maximum absolute atomic E-state index is 10.7. The largest absolute Gasteiger partial charge is 0.476 e. The van der Waals surface area contributed by atoms with Gasteiger partial charge in [-0.1, -0.05) is 18.6 Å². The summed E-state index contributed by atoms with van der Waals surface area (Å²) in [7, 11) is 1.71. The number of aromatic nitrogens is 3. The Labute approximate surface area is 76.4 Å². The molecule has 0 atom stereocenters. The quantitative estimate of drug-likeness (QED) is 0.751. The number of nitrogens with zero attached hydrogens (tertiary/aromatic N) is 3. The number of carboxylic acids is 1. The predicted octanol–water partition coefficient (Wildman–Crippen LogP) is 0.856. The van der Waals surface area contributed by atoms with Gasteiger partial charge in [-0.15, -0.1) is 5.10 Å². The minimum Gasteiger partial charge on any atom is -0.476 e. The third-order valence-electron chi connectivity index (χ3n) is 1.91. The first kappa shape index (κ1) is 9.70. The van der Waals surface area contributed by atoms with E-state index < -0.39 is 5.97 Å². The number of hydrogen-bond acceptors (Lipinski definition) is 3. The van der Waals surface area contributed by atoms with Crippen molar-refractivity contribution >= 4 is 5.97 Å². The predicted molar refractivity (Wildman–Crippen MR) is 46.6 cm³/mol. The summed E-state index contributed by atoms with van der Waals surface area (Å²) in [6.07, 6.45) is 2.72. The lowest BCUT2D eigenvalue weighted by Gasteiger charge is -1.99. The van der Waals surface area contributed by atoms with Crippen molar-refractivity contribution in [2.24, 2.45) is 7.05 Å². The highest BCUT2D eigenvalue weighted by Crippen LogP contribution is 2.08. The number of hydrogen-bond donors (Lipinski definition) is 1. The van der Waals surface area contributed by atoms with E-state index >= 15 is 0 Å². The molecule has 0 saturated carbocycles. The van der Waals surface area contributed by atoms with Gasteiger partial charge in [0.25, 0.3) is 0 Å². The zero-order valence-electron chi connectivity index (χ0n) is 7.82. The van der Waals surface area contributed by atoms with Gasteiger partial charge in [0.1, 0.15) is 0 Å². The average Bonchev–Trinajstić information content (AvgIpc) is 2.43. The fourth-order valence-electron chi connectivity index (χ4n) is 1.17. The molecule has 0 saturated heterocycles. The Hall–Kier alpha value is -1.39. The minimum atomic E-state index is -1.00. The standard InChI is InChI=1S/C8H13N3O2/c1-3-4-5-6-7(8(12)13)9-10-11(6)2/h3-5H2,1-2H3,(H,12,13). The number of aromatic carboxylic acids is 1. The molecule has 1 N–H and O–H groups in total. The summed E-state index contributed by atoms with van der Waals surface area (Å²) in [5.74, 6) is -1.00. The number of unbranched alkanes of at least 4 members (excludes halogenated alkanes) is 1. The van der Waals surface area contributed by atoms with E-state index in [1.807, 2.05) is 0 Å². The molecule has 1 aromatic rings. The van der Waals surface area contributed by atoms with Crippen LogP contribution < -0.4 is 0 Å². The van der Waals surface area contributed by atoms with Gasteiger partial charge in [0, 0.05) is 7.05 Å². The van der Waals surface area contributed by atoms with Gasteiger partial charge in [-0.3, -0.25) is 4.68 Å². The number of aryl methyl sites for hydroxylation is 1. The molecule has 72 valence electrons. The molecule has 0 bridgehead atoms. The first-order valence-electron chi connectivity index (χ1n) is 4.28. The second-order valence-electron chi connectivity index (χ2n) is 2.92. The summed E-state index contributed by atoms with van der Waals surface area (Å²) in [5, 5.41) is 16.0. The van der Waals surface area contributed by atoms with Crippen LogP contribution in [-0.4, -0.2) is 26.1 Å². The molecular weight excluding hydrogens is 170 g/mol. The van der Waals surface area contributed by atoms with Crippen molar-refractivity contribution in [3.8, 4) is 0 Å². The summed E-state index contributed by atoms with van der Waals surface area (Å²) in [6, 6.07) is 0. The molecule has 5 nitrogen and oxygen atoms in total. The van der Waals surface area contributed by atoms with Crippen molar-refractivity contribution in [1.29, 1.82) is 0 Å². The number of carboxylic acid groups (broad SMARTS) is 1. The van der Waals surface area contributed by atoms with Crippen LogP contribution in [0.4, 0.5) is 0 Å². The number of carbonyl (C=O) groups is 1. The van der Waals surface area contributed by atoms with E-state index in [1.165, 1.54) is 4.68 Å². The van der Waals surface area contributed by atoms with Crippen molar-refractivity contribution in [1.82, 2.24) is 15.0 Å². The minimum absolute atomic E-state index is 0.0796. The smallest absolute Gasteiger partial charge is 0.358 e. The van der Waals surface area contributed by atoms with E-state index in [1.54, 1.807) is 7.05 Å². The SMILES string of the molecule is CCCCc1c(C(=O)O)nnn1C. The molecule has 0 aromatic carbocycles. The van der Waals surface area contributed by atoms with Crippen LogP contribution >= 0.6 is 0 Å². The van der Waals surface area contributed by atoms with Crippen molar-refractivity contribution in [2.45, 2.75) is 26.2 Å². The van der Waals surface area contributed by atoms with E-state index in [2.05, 4.69) is 17.2 Å². The second kappa shape index (κ2) is 4.02. The van der Waals surface area contributed by atoms with Crippen LogP contribution in [0, 0.1) is 0 Å². The summed E-state index contributed by atoms with van der Waals surface area (Å²) < 4.78 is 1.53. The Balaban J connectivity index is 2.88. The first-order chi connectivity index (χ1) is 6.16. The van der Waals surface area contributed by atoms with Gasteiger partial charge < -0.3 is 5.11 Å². The van der Waals surface area contributed by atoms with E-state index in [4.69, 9.17) is 5.11 Å². The van der Waals surface area contributed by atoms with Crippen LogP contribution in [0.15, 0.2) is 0 Å². The summed E-state index contributed by atoms with van der Waals surface area (Å²) >= 11 is 0. The van der Waals surface area contributed by atoms with Crippen LogP contribution in [-0.2, 0) is 13.5 Å². The molecule has 1 heterocycles. The maximum atomic E-state index is 10.7. The zero-order valence-corrected chi connectivity index (χ0v) is 7.82. The molecule has 1 rings (SSSR count). The Kier molecular flexibility index (Phi) is 3.00. The Morgan fingerprint density at radius 3 is 2.85 bits per heavy atom. The van der Waals surface area contributed by atoms with Crippen LogP contribution in [0.3, 0.4) is 0 Å². The molecule has 13 heavy (non-hydrogen) atoms. The van der Waals surface area contributed by atoms with E-state index in [0.29, 0.717) is 5.69 Å². The highest BCUT2D eigenvalue weighted by atomic mass is 16.4. The fraction of sp³-hybridized carbons (Fsp3) is 0.625. The van der Waals surface area contributed by atoms with Crippen molar-refractivity contribution in [3.05, 3.63) is 11.4 Å². The first-order valence-corrected chi connectivity index (χ1v) is 4.28. The maximum Gasteiger partial charge on any atom is 0.358 e. The molecule has 0 spiro atoms. The van der Waals surface area contributed by atoms with Gasteiger partial charge in [-0.2, -0.15) is 0 Å². The van der Waals surface area contributed by atoms with Gasteiger partial charge in [-0.05, 0) is 12.8 Å². The third kappa shape index (κ3) is 2.05. The van der Waals surface area contributed by atoms with Gasteiger partial charge in [-0.25, -0.2) is 4.79 Å². The molecule has 0 aliphatic carbocycles. The lowest BCUT2D eigenvalue weighted by Crippen LogP contribution is -2.05. The third-order valence-corrected chi connectivity index (χ3v) is 1.91. The second-order valence-corrected chi connectivity index (χ2v) is 2.92. The fourth-order valence-corrected chi connectivity index (χ4v) is 1.17. The zero-order chi connectivity index (χ0) is 9.84. The van der Waals surface area contributed by atoms with Gasteiger partial charge in [0.15, 0.2) is 5.69 Å². The summed E-state index contributed by atoms with van der Waals surface area (Å²) in [5.41, 5.74) is 0.783. The normalized spacial score (nSPS) is 10.3. The van der Waals surface area contributed by atoms with Crippen LogP contribution in [0.2, 0.25) is 0 Å². The molecule has 5 heteroatoms. The van der Waals surface area contributed by atoms with Crippen LogP contribution in [0.1, 0.15) is 35.9 Å². The molecule has 1 aromatic heterocycles. The van der Waals surface area contributed by atoms with Crippen LogP contribution in [0.25, 0.3) is 0 Å². The highest BCUT2D eigenvalue weighted by Gasteiger charge is 2.15. The van der Waals surface area contributed by atoms with E-state index in [9.17, 15) is 4.79 Å². The Morgan fingerprint density at radius 1 is 1.62 bits per heavy atom. The average molecular weight is 183 g/mol. The topological polar surface area (TPSA) is 68.0 Å². The summed E-state index contributed by atoms with van der Waals surface area (Å²) in [4.78, 5) is 10.7. The molecule has 0 unspecified atom stereocenters. The molecule has 0 aliphatic heterocycles. The highest BCUT2D eigenvalue weighted by molar-refractivity contribution is 5.86. The van der Waals surface area contributed by atoms with Gasteiger partial charge >= 0.3 is 5.97 Å². The molecular formula is C8H13N3O2. The molecule has 0 fully saturated rings. The lowest BCUT2D eigenvalue weighted by molar-refractivity contribution is 0.0689. The monoisotopic (exact) mass is 183 g/mol. The van der Waals surface area contributed by atoms with Crippen LogP contribution in [0.5, 0.6) is 0 Å². The lowest BCUT2D eigenvalue weighted by atomic mass is 10.1. The van der Waals surface area contributed by atoms with E-state index in [0.717, 1.165) is 19.3 Å². The van der Waals surface area contributed by atoms with Gasteiger partial charge in [0.05, 0.1) is 5.69 Å². The van der Waals surface area contributed by atoms with Gasteiger partial charge in [0.2, 0.25) is 0 Å². The number of rotatable bonds is 4. The molecule has 0 radical (unpaired) electrons.